The van der Waals surface area contributed by atoms with Gasteiger partial charge in [0, 0.05) is 17.3 Å². The van der Waals surface area contributed by atoms with E-state index < -0.39 is 29.4 Å². The van der Waals surface area contributed by atoms with Crippen molar-refractivity contribution < 1.29 is 28.2 Å². The number of hydrogen-bond donors (Lipinski definition) is 1. The standard InChI is InChI=1S/C20H17FN2O5S/c1-27-15-8-3-12(16(10-15)28-2)9-17-19(25)23(20(26)29-17)11-18(24)22-14-6-4-13(21)5-7-14/h3-10H,11H2,1-2H3,(H,22,24)/b17-9-. The zero-order valence-corrected chi connectivity index (χ0v) is 16.4. The molecule has 1 aliphatic heterocycles. The van der Waals surface area contributed by atoms with E-state index in [2.05, 4.69) is 5.32 Å². The molecule has 1 heterocycles. The van der Waals surface area contributed by atoms with Crippen LogP contribution in [0.5, 0.6) is 11.5 Å². The highest BCUT2D eigenvalue weighted by Gasteiger charge is 2.36. The fourth-order valence-corrected chi connectivity index (χ4v) is 3.42. The fraction of sp³-hybridized carbons (Fsp3) is 0.150. The van der Waals surface area contributed by atoms with Crippen LogP contribution in [0.15, 0.2) is 47.4 Å². The van der Waals surface area contributed by atoms with Gasteiger partial charge in [-0.1, -0.05) is 0 Å². The summed E-state index contributed by atoms with van der Waals surface area (Å²) >= 11 is 0.738. The SMILES string of the molecule is COc1ccc(/C=C2\SC(=O)N(CC(=O)Nc3ccc(F)cc3)C2=O)c(OC)c1. The van der Waals surface area contributed by atoms with Crippen molar-refractivity contribution in [1.29, 1.82) is 0 Å². The van der Waals surface area contributed by atoms with Crippen LogP contribution in [0.4, 0.5) is 14.9 Å². The molecule has 0 saturated carbocycles. The summed E-state index contributed by atoms with van der Waals surface area (Å²) < 4.78 is 23.4. The molecule has 0 bridgehead atoms. The summed E-state index contributed by atoms with van der Waals surface area (Å²) in [5.74, 6) is -0.517. The Kier molecular flexibility index (Phi) is 6.18. The van der Waals surface area contributed by atoms with E-state index in [4.69, 9.17) is 9.47 Å². The van der Waals surface area contributed by atoms with Gasteiger partial charge in [0.25, 0.3) is 11.1 Å². The third kappa shape index (κ3) is 4.75. The second-order valence-electron chi connectivity index (χ2n) is 5.93. The van der Waals surface area contributed by atoms with Crippen molar-refractivity contribution in [1.82, 2.24) is 4.90 Å². The summed E-state index contributed by atoms with van der Waals surface area (Å²) in [6.07, 6.45) is 1.53. The zero-order valence-electron chi connectivity index (χ0n) is 15.6. The molecule has 150 valence electrons. The van der Waals surface area contributed by atoms with Gasteiger partial charge < -0.3 is 14.8 Å². The molecule has 2 aromatic rings. The fourth-order valence-electron chi connectivity index (χ4n) is 2.59. The molecule has 9 heteroatoms. The molecule has 0 unspecified atom stereocenters. The Morgan fingerprint density at radius 1 is 1.14 bits per heavy atom. The molecule has 1 fully saturated rings. The topological polar surface area (TPSA) is 84.9 Å². The lowest BCUT2D eigenvalue weighted by Gasteiger charge is -2.12. The maximum absolute atomic E-state index is 12.9. The summed E-state index contributed by atoms with van der Waals surface area (Å²) in [5, 5.41) is 1.97. The molecular formula is C20H17FN2O5S. The lowest BCUT2D eigenvalue weighted by Crippen LogP contribution is -2.36. The van der Waals surface area contributed by atoms with Crippen LogP contribution in [-0.2, 0) is 9.59 Å². The molecular weight excluding hydrogens is 399 g/mol. The average Bonchev–Trinajstić information content (AvgIpc) is 2.97. The van der Waals surface area contributed by atoms with Gasteiger partial charge in [0.05, 0.1) is 19.1 Å². The van der Waals surface area contributed by atoms with Gasteiger partial charge >= 0.3 is 0 Å². The number of nitrogens with zero attached hydrogens (tertiary/aromatic N) is 1. The van der Waals surface area contributed by atoms with Gasteiger partial charge in [-0.3, -0.25) is 19.3 Å². The first-order chi connectivity index (χ1) is 13.9. The van der Waals surface area contributed by atoms with Crippen molar-refractivity contribution >= 4 is 40.6 Å². The first-order valence-electron chi connectivity index (χ1n) is 8.44. The van der Waals surface area contributed by atoms with Crippen LogP contribution in [0.2, 0.25) is 0 Å². The first-order valence-corrected chi connectivity index (χ1v) is 9.25. The Morgan fingerprint density at radius 3 is 2.52 bits per heavy atom. The Labute approximate surface area is 170 Å². The maximum atomic E-state index is 12.9. The van der Waals surface area contributed by atoms with Crippen molar-refractivity contribution in [2.45, 2.75) is 0 Å². The number of amides is 3. The summed E-state index contributed by atoms with van der Waals surface area (Å²) in [6, 6.07) is 10.2. The smallest absolute Gasteiger partial charge is 0.294 e. The van der Waals surface area contributed by atoms with E-state index in [0.717, 1.165) is 16.7 Å². The molecule has 29 heavy (non-hydrogen) atoms. The minimum atomic E-state index is -0.577. The van der Waals surface area contributed by atoms with E-state index in [1.807, 2.05) is 0 Å². The highest BCUT2D eigenvalue weighted by molar-refractivity contribution is 8.18. The Bertz CT molecular complexity index is 991. The number of benzene rings is 2. The van der Waals surface area contributed by atoms with Crippen LogP contribution in [0.1, 0.15) is 5.56 Å². The summed E-state index contributed by atoms with van der Waals surface area (Å²) in [6.45, 7) is -0.445. The van der Waals surface area contributed by atoms with E-state index in [1.165, 1.54) is 44.6 Å². The molecule has 1 saturated heterocycles. The Hall–Kier alpha value is -3.33. The number of hydrogen-bond acceptors (Lipinski definition) is 6. The number of rotatable bonds is 6. The van der Waals surface area contributed by atoms with E-state index in [-0.39, 0.29) is 4.91 Å². The van der Waals surface area contributed by atoms with Gasteiger partial charge in [0.1, 0.15) is 23.9 Å². The number of imide groups is 1. The zero-order chi connectivity index (χ0) is 21.0. The van der Waals surface area contributed by atoms with Gasteiger partial charge in [-0.2, -0.15) is 0 Å². The number of methoxy groups -OCH3 is 2. The van der Waals surface area contributed by atoms with Crippen LogP contribution in [-0.4, -0.2) is 42.7 Å². The Morgan fingerprint density at radius 2 is 1.86 bits per heavy atom. The number of nitrogens with one attached hydrogen (secondary N) is 1. The molecule has 1 N–H and O–H groups in total. The molecule has 0 atom stereocenters. The second-order valence-corrected chi connectivity index (χ2v) is 6.92. The lowest BCUT2D eigenvalue weighted by atomic mass is 10.1. The molecule has 0 radical (unpaired) electrons. The number of carbonyl (C=O) groups is 3. The van der Waals surface area contributed by atoms with Crippen LogP contribution in [0.3, 0.4) is 0 Å². The molecule has 0 aliphatic carbocycles. The largest absolute Gasteiger partial charge is 0.497 e. The summed E-state index contributed by atoms with van der Waals surface area (Å²) in [4.78, 5) is 38.0. The molecule has 7 nitrogen and oxygen atoms in total. The van der Waals surface area contributed by atoms with Crippen LogP contribution in [0, 0.1) is 5.82 Å². The molecule has 0 aromatic heterocycles. The van der Waals surface area contributed by atoms with Crippen LogP contribution in [0.25, 0.3) is 6.08 Å². The minimum Gasteiger partial charge on any atom is -0.497 e. The molecule has 3 amide bonds. The molecule has 0 spiro atoms. The molecule has 2 aromatic carbocycles. The van der Waals surface area contributed by atoms with Gasteiger partial charge in [-0.15, -0.1) is 0 Å². The summed E-state index contributed by atoms with van der Waals surface area (Å²) in [5.41, 5.74) is 0.955. The monoisotopic (exact) mass is 416 g/mol. The predicted molar refractivity (Wildman–Crippen MR) is 107 cm³/mol. The van der Waals surface area contributed by atoms with Gasteiger partial charge in [-0.05, 0) is 54.2 Å². The van der Waals surface area contributed by atoms with Crippen molar-refractivity contribution in [3.8, 4) is 11.5 Å². The highest BCUT2D eigenvalue weighted by Crippen LogP contribution is 2.34. The third-order valence-electron chi connectivity index (χ3n) is 4.03. The van der Waals surface area contributed by atoms with E-state index in [0.29, 0.717) is 22.7 Å². The summed E-state index contributed by atoms with van der Waals surface area (Å²) in [7, 11) is 3.01. The number of ether oxygens (including phenoxy) is 2. The normalized spacial score (nSPS) is 15.0. The number of halogens is 1. The van der Waals surface area contributed by atoms with E-state index in [1.54, 1.807) is 18.2 Å². The van der Waals surface area contributed by atoms with Crippen molar-refractivity contribution in [2.24, 2.45) is 0 Å². The van der Waals surface area contributed by atoms with Gasteiger partial charge in [-0.25, -0.2) is 4.39 Å². The first kappa shape index (κ1) is 20.4. The van der Waals surface area contributed by atoms with Crippen molar-refractivity contribution in [2.75, 3.05) is 26.1 Å². The minimum absolute atomic E-state index is 0.174. The maximum Gasteiger partial charge on any atom is 0.294 e. The third-order valence-corrected chi connectivity index (χ3v) is 4.94. The molecule has 1 aliphatic rings. The second kappa shape index (κ2) is 8.78. The van der Waals surface area contributed by atoms with Gasteiger partial charge in [0.2, 0.25) is 5.91 Å². The Balaban J connectivity index is 1.73. The molecule has 3 rings (SSSR count). The highest BCUT2D eigenvalue weighted by atomic mass is 32.2. The van der Waals surface area contributed by atoms with E-state index >= 15 is 0 Å². The quantitative estimate of drug-likeness (QED) is 0.726. The predicted octanol–water partition coefficient (Wildman–Crippen LogP) is 3.52. The van der Waals surface area contributed by atoms with E-state index in [9.17, 15) is 18.8 Å². The van der Waals surface area contributed by atoms with Crippen molar-refractivity contribution in [3.63, 3.8) is 0 Å². The number of anilines is 1. The average molecular weight is 416 g/mol. The van der Waals surface area contributed by atoms with Gasteiger partial charge in [0.15, 0.2) is 0 Å². The van der Waals surface area contributed by atoms with Crippen LogP contribution >= 0.6 is 11.8 Å². The number of carbonyl (C=O) groups excluding carboxylic acids is 3. The van der Waals surface area contributed by atoms with Crippen LogP contribution < -0.4 is 14.8 Å². The lowest BCUT2D eigenvalue weighted by molar-refractivity contribution is -0.127. The number of thioether (sulfide) groups is 1. The van der Waals surface area contributed by atoms with Crippen molar-refractivity contribution in [3.05, 3.63) is 58.8 Å².